The molecule has 0 saturated heterocycles. The molecule has 1 N–H and O–H groups in total. The summed E-state index contributed by atoms with van der Waals surface area (Å²) in [6.45, 7) is 0.325. The Hall–Kier alpha value is -1.66. The van der Waals surface area contributed by atoms with Gasteiger partial charge in [-0.2, -0.15) is 0 Å². The molecule has 3 aromatic rings. The maximum atomic E-state index is 13.2. The Bertz CT molecular complexity index is 809. The Balaban J connectivity index is 2.12. The molecule has 0 saturated carbocycles. The zero-order valence-corrected chi connectivity index (χ0v) is 12.5. The summed E-state index contributed by atoms with van der Waals surface area (Å²) in [6.07, 6.45) is 0. The number of halogens is 2. The lowest BCUT2D eigenvalue weighted by Gasteiger charge is -2.08. The van der Waals surface area contributed by atoms with Crippen LogP contribution >= 0.6 is 27.3 Å². The number of carbonyl (C=O) groups is 1. The third-order valence-electron chi connectivity index (χ3n) is 3.01. The van der Waals surface area contributed by atoms with E-state index in [1.807, 2.05) is 6.07 Å². The van der Waals surface area contributed by atoms with E-state index in [0.717, 1.165) is 19.6 Å². The lowest BCUT2D eigenvalue weighted by atomic mass is 10.2. The highest BCUT2D eigenvalue weighted by Gasteiger charge is 2.17. The van der Waals surface area contributed by atoms with Gasteiger partial charge in [-0.1, -0.05) is 12.1 Å². The second kappa shape index (κ2) is 5.03. The van der Waals surface area contributed by atoms with E-state index < -0.39 is 5.97 Å². The Morgan fingerprint density at radius 1 is 1.35 bits per heavy atom. The second-order valence-corrected chi connectivity index (χ2v) is 6.81. The average molecular weight is 354 g/mol. The fourth-order valence-electron chi connectivity index (χ4n) is 2.18. The Kier molecular flexibility index (Phi) is 3.35. The maximum absolute atomic E-state index is 13.2. The molecule has 3 nitrogen and oxygen atoms in total. The second-order valence-electron chi connectivity index (χ2n) is 4.35. The Morgan fingerprint density at radius 2 is 2.15 bits per heavy atom. The van der Waals surface area contributed by atoms with Crippen molar-refractivity contribution >= 4 is 43.5 Å². The highest BCUT2D eigenvalue weighted by molar-refractivity contribution is 9.11. The zero-order valence-electron chi connectivity index (χ0n) is 10.1. The summed E-state index contributed by atoms with van der Waals surface area (Å²) < 4.78 is 16.8. The van der Waals surface area contributed by atoms with Crippen LogP contribution in [0.15, 0.2) is 40.2 Å². The molecule has 102 valence electrons. The number of hydrogen-bond acceptors (Lipinski definition) is 2. The molecule has 0 aliphatic rings. The van der Waals surface area contributed by atoms with Gasteiger partial charge in [0, 0.05) is 6.54 Å². The van der Waals surface area contributed by atoms with E-state index in [0.29, 0.717) is 6.54 Å². The standard InChI is InChI=1S/C14H9BrFNO2S/c15-13-6-10-12(20-13)5-11(14(18)19)17(10)7-8-2-1-3-9(16)4-8/h1-6H,7H2,(H,18,19). The van der Waals surface area contributed by atoms with Crippen LogP contribution in [0.25, 0.3) is 10.2 Å². The molecule has 0 fully saturated rings. The Labute approximate surface area is 126 Å². The van der Waals surface area contributed by atoms with Gasteiger partial charge >= 0.3 is 5.97 Å². The van der Waals surface area contributed by atoms with Crippen molar-refractivity contribution in [3.05, 3.63) is 57.3 Å². The zero-order chi connectivity index (χ0) is 14.3. The van der Waals surface area contributed by atoms with Crippen LogP contribution in [0.4, 0.5) is 4.39 Å². The number of aromatic carboxylic acids is 1. The summed E-state index contributed by atoms with van der Waals surface area (Å²) in [5.41, 5.74) is 1.78. The first-order chi connectivity index (χ1) is 9.54. The van der Waals surface area contributed by atoms with E-state index in [1.54, 1.807) is 22.8 Å². The molecule has 20 heavy (non-hydrogen) atoms. The van der Waals surface area contributed by atoms with Crippen LogP contribution in [0.1, 0.15) is 16.1 Å². The summed E-state index contributed by atoms with van der Waals surface area (Å²) in [5, 5.41) is 9.28. The molecule has 0 aliphatic carbocycles. The molecule has 0 unspecified atom stereocenters. The maximum Gasteiger partial charge on any atom is 0.352 e. The lowest BCUT2D eigenvalue weighted by molar-refractivity contribution is 0.0686. The number of hydrogen-bond donors (Lipinski definition) is 1. The predicted molar refractivity (Wildman–Crippen MR) is 80.0 cm³/mol. The number of thiophene rings is 1. The lowest BCUT2D eigenvalue weighted by Crippen LogP contribution is -2.09. The summed E-state index contributed by atoms with van der Waals surface area (Å²) in [6, 6.07) is 9.71. The number of rotatable bonds is 3. The first-order valence-corrected chi connectivity index (χ1v) is 7.42. The summed E-state index contributed by atoms with van der Waals surface area (Å²) in [7, 11) is 0. The molecule has 0 amide bonds. The van der Waals surface area contributed by atoms with Gasteiger partial charge in [-0.05, 0) is 45.8 Å². The van der Waals surface area contributed by atoms with Crippen molar-refractivity contribution in [3.8, 4) is 0 Å². The minimum Gasteiger partial charge on any atom is -0.477 e. The van der Waals surface area contributed by atoms with E-state index in [2.05, 4.69) is 15.9 Å². The summed E-state index contributed by atoms with van der Waals surface area (Å²) >= 11 is 4.87. The molecule has 3 rings (SSSR count). The SMILES string of the molecule is O=C(O)c1cc2sc(Br)cc2n1Cc1cccc(F)c1. The van der Waals surface area contributed by atoms with Crippen molar-refractivity contribution in [2.45, 2.75) is 6.54 Å². The fourth-order valence-corrected chi connectivity index (χ4v) is 3.74. The van der Waals surface area contributed by atoms with Gasteiger partial charge in [0.15, 0.2) is 0 Å². The molecular weight excluding hydrogens is 345 g/mol. The predicted octanol–water partition coefficient (Wildman–Crippen LogP) is 4.35. The monoisotopic (exact) mass is 353 g/mol. The number of fused-ring (bicyclic) bond motifs is 1. The third-order valence-corrected chi connectivity index (χ3v) is 4.58. The van der Waals surface area contributed by atoms with Gasteiger partial charge in [-0.3, -0.25) is 0 Å². The van der Waals surface area contributed by atoms with Crippen LogP contribution in [0, 0.1) is 5.82 Å². The molecule has 6 heteroatoms. The van der Waals surface area contributed by atoms with Crippen molar-refractivity contribution in [1.29, 1.82) is 0 Å². The normalized spacial score (nSPS) is 11.1. The van der Waals surface area contributed by atoms with Crippen LogP contribution in [-0.2, 0) is 6.54 Å². The molecular formula is C14H9BrFNO2S. The van der Waals surface area contributed by atoms with Crippen LogP contribution < -0.4 is 0 Å². The first kappa shape index (κ1) is 13.3. The largest absolute Gasteiger partial charge is 0.477 e. The molecule has 0 aliphatic heterocycles. The summed E-state index contributed by atoms with van der Waals surface area (Å²) in [4.78, 5) is 11.3. The number of carboxylic acids is 1. The number of nitrogens with zero attached hydrogens (tertiary/aromatic N) is 1. The van der Waals surface area contributed by atoms with Crippen LogP contribution in [0.2, 0.25) is 0 Å². The highest BCUT2D eigenvalue weighted by atomic mass is 79.9. The van der Waals surface area contributed by atoms with E-state index in [9.17, 15) is 14.3 Å². The van der Waals surface area contributed by atoms with Crippen molar-refractivity contribution in [3.63, 3.8) is 0 Å². The molecule has 0 atom stereocenters. The van der Waals surface area contributed by atoms with Crippen LogP contribution in [0.5, 0.6) is 0 Å². The van der Waals surface area contributed by atoms with Gasteiger partial charge in [0.2, 0.25) is 0 Å². The van der Waals surface area contributed by atoms with Gasteiger partial charge in [0.25, 0.3) is 0 Å². The van der Waals surface area contributed by atoms with E-state index in [1.165, 1.54) is 23.5 Å². The number of aromatic nitrogens is 1. The third kappa shape index (κ3) is 2.36. The molecule has 0 radical (unpaired) electrons. The van der Waals surface area contributed by atoms with Crippen LogP contribution in [-0.4, -0.2) is 15.6 Å². The van der Waals surface area contributed by atoms with E-state index in [4.69, 9.17) is 0 Å². The highest BCUT2D eigenvalue weighted by Crippen LogP contribution is 2.33. The smallest absolute Gasteiger partial charge is 0.352 e. The first-order valence-electron chi connectivity index (χ1n) is 5.81. The van der Waals surface area contributed by atoms with Crippen molar-refractivity contribution in [2.75, 3.05) is 0 Å². The Morgan fingerprint density at radius 3 is 2.85 bits per heavy atom. The number of benzene rings is 1. The minimum atomic E-state index is -0.985. The quantitative estimate of drug-likeness (QED) is 0.760. The van der Waals surface area contributed by atoms with Crippen molar-refractivity contribution < 1.29 is 14.3 Å². The van der Waals surface area contributed by atoms with Gasteiger partial charge in [0.05, 0.1) is 14.0 Å². The topological polar surface area (TPSA) is 42.2 Å². The van der Waals surface area contributed by atoms with Crippen molar-refractivity contribution in [2.24, 2.45) is 0 Å². The molecule has 0 spiro atoms. The van der Waals surface area contributed by atoms with Gasteiger partial charge in [0.1, 0.15) is 11.5 Å². The van der Waals surface area contributed by atoms with Gasteiger partial charge in [-0.15, -0.1) is 11.3 Å². The number of carboxylic acid groups (broad SMARTS) is 1. The minimum absolute atomic E-state index is 0.211. The molecule has 0 bridgehead atoms. The van der Waals surface area contributed by atoms with E-state index >= 15 is 0 Å². The van der Waals surface area contributed by atoms with Gasteiger partial charge < -0.3 is 9.67 Å². The molecule has 2 aromatic heterocycles. The van der Waals surface area contributed by atoms with Gasteiger partial charge in [-0.25, -0.2) is 9.18 Å². The van der Waals surface area contributed by atoms with Crippen LogP contribution in [0.3, 0.4) is 0 Å². The van der Waals surface area contributed by atoms with E-state index in [-0.39, 0.29) is 11.5 Å². The van der Waals surface area contributed by atoms with Crippen molar-refractivity contribution in [1.82, 2.24) is 4.57 Å². The molecule has 2 heterocycles. The molecule has 1 aromatic carbocycles. The summed E-state index contributed by atoms with van der Waals surface area (Å²) in [5.74, 6) is -1.31. The fraction of sp³-hybridized carbons (Fsp3) is 0.0714. The average Bonchev–Trinajstić information content (AvgIpc) is 2.87.